The number of aliphatic hydroxyl groups excluding tert-OH is 1. The molecule has 74 heavy (non-hydrogen) atoms. The summed E-state index contributed by atoms with van der Waals surface area (Å²) in [5.41, 5.74) is 11.7. The van der Waals surface area contributed by atoms with E-state index in [0.717, 1.165) is 107 Å². The van der Waals surface area contributed by atoms with Gasteiger partial charge in [-0.15, -0.1) is 0 Å². The number of aliphatic imine (C=N–C) groups is 1. The fraction of sp³-hybridized carbons (Fsp3) is 0.661. The quantitative estimate of drug-likeness (QED) is 0.144. The molecular formula is C62H84N4O6S2. The molecule has 10 atom stereocenters. The highest BCUT2D eigenvalue weighted by molar-refractivity contribution is 8.77. The number of guanidine groups is 1. The van der Waals surface area contributed by atoms with E-state index in [1.165, 1.54) is 56.6 Å². The van der Waals surface area contributed by atoms with Gasteiger partial charge in [0.25, 0.3) is 0 Å². The van der Waals surface area contributed by atoms with Crippen molar-refractivity contribution in [1.82, 2.24) is 10.2 Å². The topological polar surface area (TPSA) is 147 Å². The molecule has 6 bridgehead atoms. The van der Waals surface area contributed by atoms with Crippen LogP contribution in [0, 0.1) is 34.5 Å². The van der Waals surface area contributed by atoms with Crippen LogP contribution in [0.4, 0.5) is 0 Å². The van der Waals surface area contributed by atoms with Gasteiger partial charge in [0.2, 0.25) is 5.91 Å². The van der Waals surface area contributed by atoms with Crippen LogP contribution in [-0.2, 0) is 40.1 Å². The van der Waals surface area contributed by atoms with E-state index in [9.17, 15) is 19.8 Å². The van der Waals surface area contributed by atoms with Crippen molar-refractivity contribution in [2.24, 2.45) is 45.2 Å². The summed E-state index contributed by atoms with van der Waals surface area (Å²) in [5, 5.41) is 28.5. The standard InChI is InChI=1S/C62H84N4O6S2/c1-42(67)72-60-33-27-46(53(68)36-60)18-10-15-44(22-21-43-13-4-2-5-14-43)40-73-74-62(32-12-31-59(62)29-8-9-30-59)65-58(63)64-38-50-24-26-52(45-16-6-3-7-17-45)61(50)37-55(69)66(41-61)39-49-35-48(28-34-60)51-25-23-47-19-11-20-54(47)71-57(51)56(49)70/h2-7,13-14,16-17,35,44,46-47,50,52-54,68,70H,8-12,15,18-34,36-41H2,1H3,(H3,63,64,65)/t44-,46+,47-,50+,52+,53-,54+,60-,61+,62+/m1/s1. The Morgan fingerprint density at radius 2 is 1.64 bits per heavy atom. The average molecular weight is 1050 g/mol. The van der Waals surface area contributed by atoms with Crippen molar-refractivity contribution in [3.05, 3.63) is 94.5 Å². The number of phenolic OH excluding ortho intramolecular Hbond substituents is 1. The van der Waals surface area contributed by atoms with Crippen LogP contribution in [0.25, 0.3) is 0 Å². The minimum Gasteiger partial charge on any atom is -0.504 e. The highest BCUT2D eigenvalue weighted by Gasteiger charge is 2.58. The number of nitrogens with zero attached hydrogens (tertiary/aromatic N) is 2. The zero-order chi connectivity index (χ0) is 50.9. The van der Waals surface area contributed by atoms with Crippen LogP contribution < -0.4 is 15.8 Å². The first-order valence-corrected chi connectivity index (χ1v) is 31.4. The highest BCUT2D eigenvalue weighted by atomic mass is 33.1. The monoisotopic (exact) mass is 1040 g/mol. The lowest BCUT2D eigenvalue weighted by molar-refractivity contribution is -0.168. The number of hydrogen-bond donors (Lipinski definition) is 4. The van der Waals surface area contributed by atoms with Crippen molar-refractivity contribution >= 4 is 39.4 Å². The van der Waals surface area contributed by atoms with Gasteiger partial charge in [0, 0.05) is 67.1 Å². The molecule has 5 saturated carbocycles. The number of ether oxygens (including phenoxy) is 2. The summed E-state index contributed by atoms with van der Waals surface area (Å²) < 4.78 is 13.3. The minimum absolute atomic E-state index is 0.0610. The molecule has 10 nitrogen and oxygen atoms in total. The van der Waals surface area contributed by atoms with Gasteiger partial charge in [0.05, 0.1) is 6.10 Å². The normalized spacial score (nSPS) is 34.6. The maximum atomic E-state index is 14.8. The third-order valence-corrected chi connectivity index (χ3v) is 23.8. The van der Waals surface area contributed by atoms with E-state index in [2.05, 4.69) is 82.8 Å². The molecule has 1 amide bonds. The molecular weight excluding hydrogens is 961 g/mol. The Bertz CT molecular complexity index is 2480. The maximum Gasteiger partial charge on any atom is 0.303 e. The predicted molar refractivity (Wildman–Crippen MR) is 298 cm³/mol. The number of aliphatic hydroxyl groups is 1. The molecule has 0 radical (unpaired) electrons. The largest absolute Gasteiger partial charge is 0.504 e. The fourth-order valence-corrected chi connectivity index (χ4v) is 20.4. The van der Waals surface area contributed by atoms with Crippen molar-refractivity contribution in [2.45, 2.75) is 203 Å². The Labute approximate surface area is 449 Å². The van der Waals surface area contributed by atoms with E-state index in [1.54, 1.807) is 0 Å². The van der Waals surface area contributed by atoms with Crippen molar-refractivity contribution in [1.29, 1.82) is 0 Å². The zero-order valence-corrected chi connectivity index (χ0v) is 45.8. The molecule has 4 aliphatic heterocycles. The van der Waals surface area contributed by atoms with E-state index >= 15 is 0 Å². The van der Waals surface area contributed by atoms with Crippen LogP contribution in [0.5, 0.6) is 11.5 Å². The van der Waals surface area contributed by atoms with Crippen molar-refractivity contribution in [3.8, 4) is 11.5 Å². The van der Waals surface area contributed by atoms with Crippen LogP contribution in [0.2, 0.25) is 0 Å². The fourth-order valence-electron chi connectivity index (χ4n) is 16.5. The second-order valence-electron chi connectivity index (χ2n) is 24.7. The van der Waals surface area contributed by atoms with Crippen LogP contribution in [-0.4, -0.2) is 74.5 Å². The summed E-state index contributed by atoms with van der Waals surface area (Å²) in [6.45, 7) is 2.93. The van der Waals surface area contributed by atoms with Crippen LogP contribution in [0.1, 0.15) is 182 Å². The molecule has 1 saturated heterocycles. The smallest absolute Gasteiger partial charge is 0.303 e. The number of nitrogens with two attached hydrogens (primary N) is 1. The average Bonchev–Trinajstić information content (AvgIpc) is 4.24. The number of carbonyl (C=O) groups excluding carboxylic acids is 2. The second-order valence-corrected chi connectivity index (χ2v) is 27.3. The van der Waals surface area contributed by atoms with Crippen LogP contribution >= 0.6 is 21.6 Å². The van der Waals surface area contributed by atoms with Crippen LogP contribution in [0.15, 0.2) is 71.7 Å². The predicted octanol–water partition coefficient (Wildman–Crippen LogP) is 12.4. The first-order valence-electron chi connectivity index (χ1n) is 29.1. The van der Waals surface area contributed by atoms with Crippen LogP contribution in [0.3, 0.4) is 0 Å². The van der Waals surface area contributed by atoms with E-state index in [0.29, 0.717) is 74.3 Å². The number of rotatable bonds is 5. The van der Waals surface area contributed by atoms with Crippen molar-refractivity contribution in [3.63, 3.8) is 0 Å². The van der Waals surface area contributed by atoms with Gasteiger partial charge in [-0.1, -0.05) is 102 Å². The van der Waals surface area contributed by atoms with Gasteiger partial charge in [0.1, 0.15) is 16.6 Å². The number of hydrogen-bond acceptors (Lipinski definition) is 11. The number of aryl methyl sites for hydroxylation is 2. The van der Waals surface area contributed by atoms with E-state index in [1.807, 2.05) is 15.7 Å². The first kappa shape index (κ1) is 52.2. The lowest BCUT2D eigenvalue weighted by atomic mass is 9.68. The Kier molecular flexibility index (Phi) is 15.7. The zero-order valence-electron chi connectivity index (χ0n) is 44.2. The summed E-state index contributed by atoms with van der Waals surface area (Å²) in [5.74, 6) is 3.60. The second kappa shape index (κ2) is 22.2. The van der Waals surface area contributed by atoms with Gasteiger partial charge in [-0.3, -0.25) is 14.6 Å². The first-order chi connectivity index (χ1) is 35.9. The molecule has 6 fully saturated rings. The molecule has 0 unspecified atom stereocenters. The number of amides is 1. The number of nitrogens with one attached hydrogen (secondary N) is 1. The SMILES string of the molecule is CC(=O)O[C@@]12CCc3cc(c(O)c4c3CC[C@H]3CCC[C@@H]3O4)CN3C[C@@]4(CC3=O)[C@@H](CC[C@H]4c3ccccc3)CN=C(N)N[C@@]3(CCCC34CCCC4)SSC[C@@H](CCc3ccccc3)CCC[C@@H](CC1)[C@H](O)C2. The molecule has 4 heterocycles. The van der Waals surface area contributed by atoms with Crippen molar-refractivity contribution < 1.29 is 29.3 Å². The van der Waals surface area contributed by atoms with Gasteiger partial charge >= 0.3 is 5.97 Å². The van der Waals surface area contributed by atoms with Gasteiger partial charge in [-0.2, -0.15) is 0 Å². The molecule has 12 heteroatoms. The summed E-state index contributed by atoms with van der Waals surface area (Å²) in [6.07, 6.45) is 23.8. The molecule has 5 N–H and O–H groups in total. The van der Waals surface area contributed by atoms with E-state index < -0.39 is 11.7 Å². The van der Waals surface area contributed by atoms with Gasteiger partial charge in [-0.05, 0) is 181 Å². The number of benzene rings is 3. The lowest BCUT2D eigenvalue weighted by Gasteiger charge is -2.44. The van der Waals surface area contributed by atoms with E-state index in [4.69, 9.17) is 20.2 Å². The van der Waals surface area contributed by atoms with Gasteiger partial charge < -0.3 is 35.6 Å². The summed E-state index contributed by atoms with van der Waals surface area (Å²) in [7, 11) is 4.10. The Morgan fingerprint density at radius 3 is 2.43 bits per heavy atom. The number of fused-ring (bicyclic) bond motifs is 13. The molecule has 5 aliphatic carbocycles. The van der Waals surface area contributed by atoms with Gasteiger partial charge in [-0.25, -0.2) is 0 Å². The number of aromatic hydroxyl groups is 1. The molecule has 3 spiro atoms. The molecule has 0 aromatic heterocycles. The molecule has 3 aromatic carbocycles. The summed E-state index contributed by atoms with van der Waals surface area (Å²) >= 11 is 0. The third-order valence-electron chi connectivity index (χ3n) is 20.4. The number of carbonyl (C=O) groups is 2. The maximum absolute atomic E-state index is 14.8. The highest BCUT2D eigenvalue weighted by Crippen LogP contribution is 2.64. The number of phenols is 1. The Hall–Kier alpha value is -3.87. The Balaban J connectivity index is 0.944. The Morgan fingerprint density at radius 1 is 0.865 bits per heavy atom. The molecule has 3 aromatic rings. The molecule has 9 aliphatic rings. The summed E-state index contributed by atoms with van der Waals surface area (Å²) in [4.78, 5) is 34.9. The third kappa shape index (κ3) is 10.6. The van der Waals surface area contributed by atoms with Gasteiger partial charge in [0.15, 0.2) is 17.5 Å². The molecule has 400 valence electrons. The minimum atomic E-state index is -0.792. The lowest BCUT2D eigenvalue weighted by Crippen LogP contribution is -2.55. The van der Waals surface area contributed by atoms with E-state index in [-0.39, 0.29) is 63.7 Å². The molecule has 12 rings (SSSR count). The van der Waals surface area contributed by atoms with Crippen molar-refractivity contribution in [2.75, 3.05) is 18.8 Å². The number of esters is 1. The summed E-state index contributed by atoms with van der Waals surface area (Å²) in [6, 6.07) is 23.9.